The van der Waals surface area contributed by atoms with E-state index in [0.717, 1.165) is 11.0 Å². The number of carboxylic acid groups (broad SMARTS) is 1. The fourth-order valence-corrected chi connectivity index (χ4v) is 1.48. The van der Waals surface area contributed by atoms with Gasteiger partial charge in [0.2, 0.25) is 0 Å². The highest BCUT2D eigenvalue weighted by Gasteiger charge is 2.32. The van der Waals surface area contributed by atoms with Gasteiger partial charge in [-0.3, -0.25) is 0 Å². The van der Waals surface area contributed by atoms with Crippen LogP contribution in [-0.4, -0.2) is 34.8 Å². The molecule has 18 heavy (non-hydrogen) atoms. The first-order chi connectivity index (χ1) is 8.20. The van der Waals surface area contributed by atoms with Crippen LogP contribution in [0, 0.1) is 0 Å². The summed E-state index contributed by atoms with van der Waals surface area (Å²) < 4.78 is 37.3. The number of nitrogens with zero attached hydrogens (tertiary/aromatic N) is 2. The largest absolute Gasteiger partial charge is 0.477 e. The summed E-state index contributed by atoms with van der Waals surface area (Å²) in [6.07, 6.45) is -3.17. The first-order valence-corrected chi connectivity index (χ1v) is 5.23. The van der Waals surface area contributed by atoms with Gasteiger partial charge < -0.3 is 10.0 Å². The molecule has 0 radical (unpaired) electrons. The van der Waals surface area contributed by atoms with Gasteiger partial charge in [-0.05, 0) is 26.0 Å². The van der Waals surface area contributed by atoms with Crippen molar-refractivity contribution in [2.24, 2.45) is 0 Å². The smallest absolute Gasteiger partial charge is 0.405 e. The zero-order valence-electron chi connectivity index (χ0n) is 9.90. The van der Waals surface area contributed by atoms with Gasteiger partial charge >= 0.3 is 12.1 Å². The van der Waals surface area contributed by atoms with Crippen LogP contribution in [0.25, 0.3) is 0 Å². The van der Waals surface area contributed by atoms with Crippen molar-refractivity contribution < 1.29 is 23.1 Å². The molecule has 0 atom stereocenters. The van der Waals surface area contributed by atoms with Crippen LogP contribution in [0.4, 0.5) is 18.9 Å². The molecule has 1 aromatic heterocycles. The molecule has 0 fully saturated rings. The SMILES string of the molecule is CC(C)N(CC(F)(F)F)c1ccnc(C(=O)O)c1. The van der Waals surface area contributed by atoms with E-state index in [1.165, 1.54) is 12.3 Å². The number of hydrogen-bond acceptors (Lipinski definition) is 3. The third kappa shape index (κ3) is 3.90. The van der Waals surface area contributed by atoms with Crippen LogP contribution >= 0.6 is 0 Å². The summed E-state index contributed by atoms with van der Waals surface area (Å²) in [5.41, 5.74) is -0.0879. The summed E-state index contributed by atoms with van der Waals surface area (Å²) >= 11 is 0. The van der Waals surface area contributed by atoms with Crippen LogP contribution in [0.15, 0.2) is 18.3 Å². The first-order valence-electron chi connectivity index (χ1n) is 5.23. The van der Waals surface area contributed by atoms with Gasteiger partial charge in [0, 0.05) is 17.9 Å². The number of aromatic nitrogens is 1. The molecule has 0 saturated heterocycles. The summed E-state index contributed by atoms with van der Waals surface area (Å²) in [6.45, 7) is 2.08. The molecule has 1 aromatic rings. The number of halogens is 3. The molecule has 4 nitrogen and oxygen atoms in total. The van der Waals surface area contributed by atoms with Crippen molar-refractivity contribution in [3.8, 4) is 0 Å². The number of carboxylic acids is 1. The molecule has 0 spiro atoms. The van der Waals surface area contributed by atoms with Crippen LogP contribution < -0.4 is 4.90 Å². The van der Waals surface area contributed by atoms with Gasteiger partial charge in [-0.1, -0.05) is 0 Å². The summed E-state index contributed by atoms with van der Waals surface area (Å²) in [6, 6.07) is 2.09. The standard InChI is InChI=1S/C11H13F3N2O2/c1-7(2)16(6-11(12,13)14)8-3-4-15-9(5-8)10(17)18/h3-5,7H,6H2,1-2H3,(H,17,18). The minimum Gasteiger partial charge on any atom is -0.477 e. The molecule has 0 aliphatic heterocycles. The van der Waals surface area contributed by atoms with E-state index in [2.05, 4.69) is 4.98 Å². The average molecular weight is 262 g/mol. The Morgan fingerprint density at radius 1 is 1.50 bits per heavy atom. The molecule has 0 aromatic carbocycles. The van der Waals surface area contributed by atoms with Crippen molar-refractivity contribution in [1.29, 1.82) is 0 Å². The molecule has 0 amide bonds. The number of pyridine rings is 1. The zero-order valence-corrected chi connectivity index (χ0v) is 9.90. The van der Waals surface area contributed by atoms with Crippen LogP contribution in [0.2, 0.25) is 0 Å². The number of anilines is 1. The lowest BCUT2D eigenvalue weighted by molar-refractivity contribution is -0.120. The van der Waals surface area contributed by atoms with Crippen molar-refractivity contribution >= 4 is 11.7 Å². The van der Waals surface area contributed by atoms with Crippen molar-refractivity contribution in [3.63, 3.8) is 0 Å². The van der Waals surface area contributed by atoms with E-state index in [1.807, 2.05) is 0 Å². The highest BCUT2D eigenvalue weighted by Crippen LogP contribution is 2.24. The molecule has 0 bridgehead atoms. The second-order valence-electron chi connectivity index (χ2n) is 4.04. The maximum Gasteiger partial charge on any atom is 0.405 e. The minimum absolute atomic E-state index is 0.190. The van der Waals surface area contributed by atoms with Crippen LogP contribution in [-0.2, 0) is 0 Å². The average Bonchev–Trinajstić information content (AvgIpc) is 2.24. The molecule has 1 heterocycles. The van der Waals surface area contributed by atoms with Crippen molar-refractivity contribution in [2.45, 2.75) is 26.1 Å². The lowest BCUT2D eigenvalue weighted by Gasteiger charge is -2.29. The Kier molecular flexibility index (Phi) is 4.15. The van der Waals surface area contributed by atoms with E-state index in [1.54, 1.807) is 13.8 Å². The molecular formula is C11H13F3N2O2. The van der Waals surface area contributed by atoms with Crippen LogP contribution in [0.3, 0.4) is 0 Å². The highest BCUT2D eigenvalue weighted by molar-refractivity contribution is 5.86. The number of alkyl halides is 3. The van der Waals surface area contributed by atoms with Gasteiger partial charge in [-0.2, -0.15) is 13.2 Å². The zero-order chi connectivity index (χ0) is 13.9. The number of hydrogen-bond donors (Lipinski definition) is 1. The Hall–Kier alpha value is -1.79. The predicted octanol–water partition coefficient (Wildman–Crippen LogP) is 2.56. The van der Waals surface area contributed by atoms with Gasteiger partial charge in [0.05, 0.1) is 0 Å². The Labute approximate surface area is 102 Å². The van der Waals surface area contributed by atoms with Crippen molar-refractivity contribution in [3.05, 3.63) is 24.0 Å². The Morgan fingerprint density at radius 2 is 2.11 bits per heavy atom. The van der Waals surface area contributed by atoms with Crippen LogP contribution in [0.5, 0.6) is 0 Å². The summed E-state index contributed by atoms with van der Waals surface area (Å²) in [4.78, 5) is 15.4. The maximum atomic E-state index is 12.4. The molecule has 1 N–H and O–H groups in total. The third-order valence-electron chi connectivity index (χ3n) is 2.27. The molecule has 100 valence electrons. The van der Waals surface area contributed by atoms with Gasteiger partial charge in [-0.25, -0.2) is 9.78 Å². The summed E-state index contributed by atoms with van der Waals surface area (Å²) in [7, 11) is 0. The van der Waals surface area contributed by atoms with Gasteiger partial charge in [0.15, 0.2) is 0 Å². The first kappa shape index (κ1) is 14.3. The molecule has 0 saturated carbocycles. The number of aromatic carboxylic acids is 1. The quantitative estimate of drug-likeness (QED) is 0.906. The molecular weight excluding hydrogens is 249 g/mol. The number of carbonyl (C=O) groups is 1. The monoisotopic (exact) mass is 262 g/mol. The van der Waals surface area contributed by atoms with Gasteiger partial charge in [0.25, 0.3) is 0 Å². The molecule has 7 heteroatoms. The molecule has 0 unspecified atom stereocenters. The van der Waals surface area contributed by atoms with Crippen molar-refractivity contribution in [2.75, 3.05) is 11.4 Å². The fourth-order valence-electron chi connectivity index (χ4n) is 1.48. The normalized spacial score (nSPS) is 11.7. The van der Waals surface area contributed by atoms with E-state index < -0.39 is 24.7 Å². The molecule has 0 aliphatic carbocycles. The van der Waals surface area contributed by atoms with Gasteiger partial charge in [-0.15, -0.1) is 0 Å². The Bertz CT molecular complexity index is 433. The summed E-state index contributed by atoms with van der Waals surface area (Å²) in [5, 5.41) is 8.76. The van der Waals surface area contributed by atoms with Crippen LogP contribution in [0.1, 0.15) is 24.3 Å². The van der Waals surface area contributed by atoms with E-state index in [9.17, 15) is 18.0 Å². The third-order valence-corrected chi connectivity index (χ3v) is 2.27. The minimum atomic E-state index is -4.35. The number of rotatable bonds is 4. The van der Waals surface area contributed by atoms with E-state index in [-0.39, 0.29) is 11.4 Å². The predicted molar refractivity (Wildman–Crippen MR) is 59.7 cm³/mol. The summed E-state index contributed by atoms with van der Waals surface area (Å²) in [5.74, 6) is -1.27. The van der Waals surface area contributed by atoms with E-state index in [4.69, 9.17) is 5.11 Å². The Balaban J connectivity index is 3.06. The van der Waals surface area contributed by atoms with E-state index >= 15 is 0 Å². The fraction of sp³-hybridized carbons (Fsp3) is 0.455. The second-order valence-corrected chi connectivity index (χ2v) is 4.04. The molecule has 1 rings (SSSR count). The molecule has 0 aliphatic rings. The van der Waals surface area contributed by atoms with Gasteiger partial charge in [0.1, 0.15) is 12.2 Å². The van der Waals surface area contributed by atoms with E-state index in [0.29, 0.717) is 0 Å². The lowest BCUT2D eigenvalue weighted by atomic mass is 10.2. The lowest BCUT2D eigenvalue weighted by Crippen LogP contribution is -2.39. The second kappa shape index (κ2) is 5.24. The maximum absolute atomic E-state index is 12.4. The topological polar surface area (TPSA) is 53.4 Å². The highest BCUT2D eigenvalue weighted by atomic mass is 19.4. The van der Waals surface area contributed by atoms with Crippen molar-refractivity contribution in [1.82, 2.24) is 4.98 Å². The Morgan fingerprint density at radius 3 is 2.56 bits per heavy atom.